The number of rotatable bonds is 0. The molecule has 0 atom stereocenters. The molecule has 34 valence electrons. The predicted octanol–water partition coefficient (Wildman–Crippen LogP) is -6.84. The van der Waals surface area contributed by atoms with Crippen molar-refractivity contribution in [1.29, 1.82) is 0 Å². The van der Waals surface area contributed by atoms with E-state index in [1.165, 1.54) is 0 Å². The fraction of sp³-hybridized carbons (Fsp3) is 0. The monoisotopic (exact) mass is 240 g/mol. The Balaban J connectivity index is 0. The van der Waals surface area contributed by atoms with Crippen LogP contribution in [0.15, 0.2) is 0 Å². The maximum absolute atomic E-state index is 0. The average molecular weight is 240 g/mol. The molecule has 0 amide bonds. The van der Waals surface area contributed by atoms with E-state index in [4.69, 9.17) is 0 Å². The third kappa shape index (κ3) is 24.2. The molecule has 0 aromatic heterocycles. The molecule has 6 heteroatoms. The first-order chi connectivity index (χ1) is 0. The number of hydrogen-bond donors (Lipinski definition) is 0. The second kappa shape index (κ2) is 35.3. The molecule has 0 aliphatic heterocycles. The van der Waals surface area contributed by atoms with Gasteiger partial charge in [-0.1, -0.05) is 0 Å². The fourth-order valence-electron chi connectivity index (χ4n) is 0. The van der Waals surface area contributed by atoms with Crippen LogP contribution in [0.2, 0.25) is 0 Å². The Hall–Kier alpha value is 4.14. The Kier molecular flexibility index (Phi) is 291. The fourth-order valence-corrected chi connectivity index (χ4v) is 0. The normalized spacial score (nSPS) is 0. The van der Waals surface area contributed by atoms with Gasteiger partial charge in [0.15, 0.2) is 86.8 Å². The van der Waals surface area contributed by atoms with Gasteiger partial charge in [0.25, 0.3) is 0 Å². The predicted molar refractivity (Wildman–Crippen MR) is 58.2 cm³/mol. The van der Waals surface area contributed by atoms with Crippen molar-refractivity contribution in [3.8, 4) is 0 Å². The van der Waals surface area contributed by atoms with Crippen molar-refractivity contribution in [3.05, 3.63) is 0 Å². The van der Waals surface area contributed by atoms with E-state index in [1.807, 2.05) is 0 Å². The molecule has 0 saturated heterocycles. The Bertz CT molecular complexity index is 3.90. The van der Waals surface area contributed by atoms with Crippen molar-refractivity contribution in [2.45, 2.75) is 0 Å². The Labute approximate surface area is 129 Å². The van der Waals surface area contributed by atoms with Crippen LogP contribution in [-0.2, 0) is 0 Å². The quantitative estimate of drug-likeness (QED) is 0.369. The van der Waals surface area contributed by atoms with Gasteiger partial charge in [-0.15, -0.1) is 0 Å². The van der Waals surface area contributed by atoms with Crippen LogP contribution in [0.5, 0.6) is 0 Å². The summed E-state index contributed by atoms with van der Waals surface area (Å²) in [5.74, 6) is 0. The summed E-state index contributed by atoms with van der Waals surface area (Å²) in [6.45, 7) is 0. The van der Waals surface area contributed by atoms with Gasteiger partial charge in [-0.2, -0.15) is 0 Å². The third-order valence-corrected chi connectivity index (χ3v) is 0. The van der Waals surface area contributed by atoms with E-state index >= 15 is 0 Å². The minimum atomic E-state index is 0. The van der Waals surface area contributed by atoms with E-state index in [9.17, 15) is 0 Å². The molecule has 0 unspecified atom stereocenters. The van der Waals surface area contributed by atoms with Crippen LogP contribution in [0.4, 0.5) is 0 Å². The van der Waals surface area contributed by atoms with Gasteiger partial charge in [-0.25, -0.2) is 0 Å². The molecular weight excluding hydrogens is 223 g/mol. The van der Waals surface area contributed by atoms with Crippen molar-refractivity contribution >= 4 is 132 Å². The first-order valence-electron chi connectivity index (χ1n) is 0. The molecule has 0 rings (SSSR count). The van der Waals surface area contributed by atoms with Crippen molar-refractivity contribution < 1.29 is 0 Å². The van der Waals surface area contributed by atoms with E-state index in [-0.39, 0.29) is 132 Å². The second-order valence-corrected chi connectivity index (χ2v) is 0. The summed E-state index contributed by atoms with van der Waals surface area (Å²) in [6, 6.07) is 0. The second-order valence-electron chi connectivity index (χ2n) is 0. The van der Waals surface area contributed by atoms with E-state index in [1.54, 1.807) is 0 Å². The summed E-state index contributed by atoms with van der Waals surface area (Å²) < 4.78 is 0. The van der Waals surface area contributed by atoms with Gasteiger partial charge in [-0.05, 0) is 0 Å². The summed E-state index contributed by atoms with van der Waals surface area (Å²) in [6.07, 6.45) is 0. The molecule has 0 aromatic rings. The van der Waals surface area contributed by atoms with Crippen LogP contribution < -0.4 is 0 Å². The zero-order chi connectivity index (χ0) is 0. The van der Waals surface area contributed by atoms with Gasteiger partial charge in [0.1, 0.15) is 0 Å². The van der Waals surface area contributed by atoms with Gasteiger partial charge in [0.05, 0.1) is 0 Å². The Morgan fingerprint density at radius 3 is 0.333 bits per heavy atom. The minimum absolute atomic E-state index is 0. The topological polar surface area (TPSA) is 0 Å². The van der Waals surface area contributed by atoms with E-state index < -0.39 is 0 Å². The summed E-state index contributed by atoms with van der Waals surface area (Å²) in [7, 11) is 0. The average Bonchev–Trinajstić information content (AvgIpc) is 0. The number of hydrogen-bond acceptors (Lipinski definition) is 0. The van der Waals surface area contributed by atoms with Gasteiger partial charge in [0, 0.05) is 0 Å². The molecule has 0 aliphatic rings. The van der Waals surface area contributed by atoms with E-state index in [0.29, 0.717) is 0 Å². The van der Waals surface area contributed by atoms with Crippen molar-refractivity contribution in [1.82, 2.24) is 0 Å². The first-order valence-corrected chi connectivity index (χ1v) is 0. The molecule has 6 heavy (non-hydrogen) atoms. The molecule has 0 nitrogen and oxygen atoms in total. The first kappa shape index (κ1) is 49.4. The van der Waals surface area contributed by atoms with Crippen molar-refractivity contribution in [2.24, 2.45) is 0 Å². The van der Waals surface area contributed by atoms with Gasteiger partial charge in [-0.3, -0.25) is 0 Å². The Morgan fingerprint density at radius 2 is 0.333 bits per heavy atom. The van der Waals surface area contributed by atoms with Crippen LogP contribution in [0.3, 0.4) is 0 Å². The van der Waals surface area contributed by atoms with Crippen LogP contribution in [0, 0.1) is 0 Å². The van der Waals surface area contributed by atoms with Crippen LogP contribution in [0.25, 0.3) is 0 Å². The SMILES string of the molecule is [AlH3].[AlH3].[AlH3].[AlH3].[AlH3].[SrH2]. The zero-order valence-corrected chi connectivity index (χ0v) is 0. The van der Waals surface area contributed by atoms with Gasteiger partial charge < -0.3 is 0 Å². The van der Waals surface area contributed by atoms with Gasteiger partial charge >= 0.3 is 45.5 Å². The molecule has 0 spiro atoms. The van der Waals surface area contributed by atoms with E-state index in [2.05, 4.69) is 0 Å². The molecule has 0 N–H and O–H groups in total. The van der Waals surface area contributed by atoms with Crippen LogP contribution in [-0.4, -0.2) is 132 Å². The summed E-state index contributed by atoms with van der Waals surface area (Å²) in [5.41, 5.74) is 0. The Morgan fingerprint density at radius 1 is 0.333 bits per heavy atom. The standard InChI is InChI=1S/5Al.Sr.17H. The van der Waals surface area contributed by atoms with E-state index in [0.717, 1.165) is 0 Å². The maximum atomic E-state index is 0. The van der Waals surface area contributed by atoms with Crippen LogP contribution in [0.1, 0.15) is 0 Å². The molecule has 0 fully saturated rings. The van der Waals surface area contributed by atoms with Crippen molar-refractivity contribution in [2.75, 3.05) is 0 Å². The molecule has 0 aromatic carbocycles. The summed E-state index contributed by atoms with van der Waals surface area (Å²) >= 11 is 0. The molecule has 0 aliphatic carbocycles. The molecule has 0 radical (unpaired) electrons. The summed E-state index contributed by atoms with van der Waals surface area (Å²) in [5, 5.41) is 0. The summed E-state index contributed by atoms with van der Waals surface area (Å²) in [4.78, 5) is 0. The molecule has 0 heterocycles. The molecule has 0 saturated carbocycles. The zero-order valence-electron chi connectivity index (χ0n) is 0. The van der Waals surface area contributed by atoms with Crippen LogP contribution >= 0.6 is 0 Å². The van der Waals surface area contributed by atoms with Gasteiger partial charge in [0.2, 0.25) is 0 Å². The molecule has 0 bridgehead atoms. The third-order valence-electron chi connectivity index (χ3n) is 0. The van der Waals surface area contributed by atoms with Crippen molar-refractivity contribution in [3.63, 3.8) is 0 Å². The molecular formula is H17Al5Sr.